The van der Waals surface area contributed by atoms with E-state index >= 15 is 0 Å². The molecular weight excluding hydrogens is 367 g/mol. The molecular formula is C17H20ClO6P. The molecule has 136 valence electrons. The number of benzene rings is 2. The van der Waals surface area contributed by atoms with Crippen LogP contribution in [0.2, 0.25) is 0 Å². The molecule has 0 aromatic heterocycles. The second-order valence-corrected chi connectivity index (χ2v) is 7.20. The van der Waals surface area contributed by atoms with Gasteiger partial charge in [-0.2, -0.15) is 0 Å². The fourth-order valence-electron chi connectivity index (χ4n) is 1.63. The summed E-state index contributed by atoms with van der Waals surface area (Å²) >= 11 is 5.89. The molecule has 0 saturated carbocycles. The number of phosphoric acid groups is 1. The Bertz CT molecular complexity index is 651. The number of rotatable bonds is 9. The minimum atomic E-state index is -4.22. The molecule has 25 heavy (non-hydrogen) atoms. The first-order chi connectivity index (χ1) is 11.9. The molecule has 1 atom stereocenters. The van der Waals surface area contributed by atoms with E-state index in [2.05, 4.69) is 0 Å². The number of alkyl halides is 1. The van der Waals surface area contributed by atoms with Gasteiger partial charge in [0.1, 0.15) is 5.56 Å². The standard InChI is InChI=1S/C17H20ClO6P/c1-4-17(18)22-25(19,23-20-15-9-5-13(2)6-10-15)24-21-16-11-7-14(3)8-12-16/h5-12,17H,4H2,1-3H3. The Balaban J connectivity index is 2.02. The fourth-order valence-corrected chi connectivity index (χ4v) is 2.80. The van der Waals surface area contributed by atoms with E-state index in [9.17, 15) is 4.57 Å². The maximum absolute atomic E-state index is 12.7. The summed E-state index contributed by atoms with van der Waals surface area (Å²) in [4.78, 5) is 10.1. The monoisotopic (exact) mass is 386 g/mol. The van der Waals surface area contributed by atoms with Gasteiger partial charge in [-0.25, -0.2) is 4.57 Å². The van der Waals surface area contributed by atoms with E-state index in [0.717, 1.165) is 11.1 Å². The van der Waals surface area contributed by atoms with Crippen LogP contribution in [0.1, 0.15) is 24.5 Å². The summed E-state index contributed by atoms with van der Waals surface area (Å²) < 4.78 is 27.5. The van der Waals surface area contributed by atoms with Crippen molar-refractivity contribution >= 4 is 19.4 Å². The SMILES string of the molecule is CCC(Cl)OP(=O)(OOc1ccc(C)cc1)OOc1ccc(C)cc1. The van der Waals surface area contributed by atoms with Crippen LogP contribution in [-0.2, 0) is 18.4 Å². The van der Waals surface area contributed by atoms with Crippen LogP contribution in [-0.4, -0.2) is 5.56 Å². The number of halogens is 1. The summed E-state index contributed by atoms with van der Waals surface area (Å²) in [6, 6.07) is 13.8. The zero-order valence-electron chi connectivity index (χ0n) is 14.2. The van der Waals surface area contributed by atoms with E-state index in [1.807, 2.05) is 38.1 Å². The molecule has 0 amide bonds. The molecule has 1 unspecified atom stereocenters. The third kappa shape index (κ3) is 6.69. The molecule has 0 saturated heterocycles. The highest BCUT2D eigenvalue weighted by molar-refractivity contribution is 7.48. The quantitative estimate of drug-likeness (QED) is 0.237. The molecule has 0 N–H and O–H groups in total. The van der Waals surface area contributed by atoms with Crippen molar-refractivity contribution in [3.63, 3.8) is 0 Å². The largest absolute Gasteiger partial charge is 0.548 e. The maximum atomic E-state index is 12.7. The van der Waals surface area contributed by atoms with E-state index in [4.69, 9.17) is 35.2 Å². The Morgan fingerprint density at radius 3 is 1.64 bits per heavy atom. The van der Waals surface area contributed by atoms with Crippen molar-refractivity contribution in [1.29, 1.82) is 0 Å². The Hall–Kier alpha value is -1.56. The minimum Gasteiger partial charge on any atom is -0.327 e. The third-order valence-corrected chi connectivity index (χ3v) is 4.60. The Kier molecular flexibility index (Phi) is 7.29. The van der Waals surface area contributed by atoms with E-state index in [1.54, 1.807) is 31.2 Å². The van der Waals surface area contributed by atoms with Crippen molar-refractivity contribution in [2.75, 3.05) is 0 Å². The van der Waals surface area contributed by atoms with E-state index in [0.29, 0.717) is 17.9 Å². The fraction of sp³-hybridized carbons (Fsp3) is 0.294. The first-order valence-corrected chi connectivity index (χ1v) is 9.58. The average Bonchev–Trinajstić information content (AvgIpc) is 2.61. The van der Waals surface area contributed by atoms with Gasteiger partial charge in [-0.15, -0.1) is 0 Å². The molecule has 0 aliphatic rings. The molecule has 0 aliphatic carbocycles. The van der Waals surface area contributed by atoms with Gasteiger partial charge >= 0.3 is 7.82 Å². The molecule has 2 aromatic rings. The summed E-state index contributed by atoms with van der Waals surface area (Å²) in [7, 11) is -4.22. The summed E-state index contributed by atoms with van der Waals surface area (Å²) in [6.45, 7) is 5.61. The predicted molar refractivity (Wildman–Crippen MR) is 94.4 cm³/mol. The molecule has 0 bridgehead atoms. The first kappa shape index (κ1) is 19.8. The first-order valence-electron chi connectivity index (χ1n) is 7.68. The summed E-state index contributed by atoms with van der Waals surface area (Å²) in [5.74, 6) is 0.659. The third-order valence-electron chi connectivity index (χ3n) is 3.06. The van der Waals surface area contributed by atoms with Crippen LogP contribution in [0.3, 0.4) is 0 Å². The summed E-state index contributed by atoms with van der Waals surface area (Å²) in [5.41, 5.74) is 1.18. The second-order valence-electron chi connectivity index (χ2n) is 5.31. The molecule has 2 rings (SSSR count). The zero-order valence-corrected chi connectivity index (χ0v) is 15.8. The van der Waals surface area contributed by atoms with Gasteiger partial charge < -0.3 is 9.78 Å². The van der Waals surface area contributed by atoms with Crippen LogP contribution in [0.15, 0.2) is 48.5 Å². The highest BCUT2D eigenvalue weighted by Crippen LogP contribution is 2.52. The van der Waals surface area contributed by atoms with Crippen molar-refractivity contribution in [2.24, 2.45) is 0 Å². The van der Waals surface area contributed by atoms with Gasteiger partial charge in [0.05, 0.1) is 0 Å². The van der Waals surface area contributed by atoms with Crippen LogP contribution in [0, 0.1) is 13.8 Å². The maximum Gasteiger partial charge on any atom is 0.548 e. The lowest BCUT2D eigenvalue weighted by molar-refractivity contribution is -0.194. The summed E-state index contributed by atoms with van der Waals surface area (Å²) in [6.07, 6.45) is 0.382. The van der Waals surface area contributed by atoms with Crippen LogP contribution in [0.25, 0.3) is 0 Å². The topological polar surface area (TPSA) is 63.2 Å². The van der Waals surface area contributed by atoms with Gasteiger partial charge in [-0.3, -0.25) is 4.52 Å². The van der Waals surface area contributed by atoms with Crippen LogP contribution in [0.4, 0.5) is 0 Å². The molecule has 0 radical (unpaired) electrons. The van der Waals surface area contributed by atoms with Crippen LogP contribution >= 0.6 is 19.4 Å². The van der Waals surface area contributed by atoms with Crippen molar-refractivity contribution in [3.8, 4) is 11.5 Å². The van der Waals surface area contributed by atoms with Gasteiger partial charge in [-0.1, -0.05) is 63.3 Å². The molecule has 6 nitrogen and oxygen atoms in total. The zero-order chi connectivity index (χ0) is 18.3. The van der Waals surface area contributed by atoms with Gasteiger partial charge in [0.15, 0.2) is 11.5 Å². The van der Waals surface area contributed by atoms with E-state index < -0.39 is 13.4 Å². The molecule has 0 aliphatic heterocycles. The number of hydrogen-bond donors (Lipinski definition) is 0. The van der Waals surface area contributed by atoms with Gasteiger partial charge in [0.25, 0.3) is 0 Å². The number of hydrogen-bond acceptors (Lipinski definition) is 6. The Morgan fingerprint density at radius 1 is 0.880 bits per heavy atom. The van der Waals surface area contributed by atoms with Gasteiger partial charge in [0, 0.05) is 0 Å². The lowest BCUT2D eigenvalue weighted by atomic mass is 10.2. The van der Waals surface area contributed by atoms with E-state index in [1.165, 1.54) is 0 Å². The molecule has 2 aromatic carbocycles. The minimum absolute atomic E-state index is 0.330. The lowest BCUT2D eigenvalue weighted by Crippen LogP contribution is -2.10. The Morgan fingerprint density at radius 2 is 1.28 bits per heavy atom. The van der Waals surface area contributed by atoms with Crippen molar-refractivity contribution in [2.45, 2.75) is 32.8 Å². The van der Waals surface area contributed by atoms with Crippen LogP contribution in [0.5, 0.6) is 11.5 Å². The molecule has 8 heteroatoms. The predicted octanol–water partition coefficient (Wildman–Crippen LogP) is 5.72. The molecule has 0 heterocycles. The normalized spacial score (nSPS) is 12.6. The van der Waals surface area contributed by atoms with E-state index in [-0.39, 0.29) is 0 Å². The average molecular weight is 387 g/mol. The molecule has 0 fully saturated rings. The lowest BCUT2D eigenvalue weighted by Gasteiger charge is -2.18. The van der Waals surface area contributed by atoms with Gasteiger partial charge in [0.2, 0.25) is 0 Å². The highest BCUT2D eigenvalue weighted by atomic mass is 35.5. The Labute approximate surface area is 152 Å². The van der Waals surface area contributed by atoms with Crippen LogP contribution < -0.4 is 9.78 Å². The van der Waals surface area contributed by atoms with Crippen molar-refractivity contribution in [3.05, 3.63) is 59.7 Å². The van der Waals surface area contributed by atoms with Gasteiger partial charge in [-0.05, 0) is 44.5 Å². The second kappa shape index (κ2) is 9.22. The smallest absolute Gasteiger partial charge is 0.327 e. The van der Waals surface area contributed by atoms with Crippen molar-refractivity contribution < 1.29 is 28.2 Å². The highest BCUT2D eigenvalue weighted by Gasteiger charge is 2.35. The summed E-state index contributed by atoms with van der Waals surface area (Å²) in [5, 5.41) is 0. The van der Waals surface area contributed by atoms with Crippen molar-refractivity contribution in [1.82, 2.24) is 0 Å². The number of aryl methyl sites for hydroxylation is 2. The molecule has 0 spiro atoms.